The summed E-state index contributed by atoms with van der Waals surface area (Å²) in [5.41, 5.74) is 1.33. The second-order valence-corrected chi connectivity index (χ2v) is 6.60. The first-order chi connectivity index (χ1) is 14.4. The van der Waals surface area contributed by atoms with Crippen LogP contribution in [0.1, 0.15) is 44.9 Å². The Kier molecular flexibility index (Phi) is 6.58. The van der Waals surface area contributed by atoms with Crippen LogP contribution in [0.3, 0.4) is 0 Å². The Morgan fingerprint density at radius 2 is 1.57 bits per heavy atom. The Bertz CT molecular complexity index is 935. The van der Waals surface area contributed by atoms with Gasteiger partial charge in [-0.3, -0.25) is 19.3 Å². The van der Waals surface area contributed by atoms with E-state index in [4.69, 9.17) is 9.47 Å². The lowest BCUT2D eigenvalue weighted by molar-refractivity contribution is -0.119. The number of imide groups is 1. The molecular weight excluding hydrogens is 388 g/mol. The number of carbonyl (C=O) groups excluding carboxylic acids is 4. The van der Waals surface area contributed by atoms with Gasteiger partial charge >= 0.3 is 5.97 Å². The molecule has 1 heterocycles. The highest BCUT2D eigenvalue weighted by atomic mass is 16.6. The van der Waals surface area contributed by atoms with Gasteiger partial charge in [-0.05, 0) is 50.2 Å². The zero-order valence-corrected chi connectivity index (χ0v) is 16.7. The maximum atomic E-state index is 12.6. The van der Waals surface area contributed by atoms with Crippen molar-refractivity contribution >= 4 is 29.4 Å². The lowest BCUT2D eigenvalue weighted by Gasteiger charge is -2.21. The molecule has 3 amide bonds. The lowest BCUT2D eigenvalue weighted by Crippen LogP contribution is -2.45. The number of amides is 3. The van der Waals surface area contributed by atoms with Gasteiger partial charge in [0, 0.05) is 12.3 Å². The Morgan fingerprint density at radius 1 is 0.967 bits per heavy atom. The van der Waals surface area contributed by atoms with E-state index in [1.54, 1.807) is 36.4 Å². The quantitative estimate of drug-likeness (QED) is 0.408. The number of carbonyl (C=O) groups is 4. The van der Waals surface area contributed by atoms with E-state index >= 15 is 0 Å². The summed E-state index contributed by atoms with van der Waals surface area (Å²) < 4.78 is 10.2. The zero-order valence-electron chi connectivity index (χ0n) is 16.7. The molecule has 0 bridgehead atoms. The Hall–Kier alpha value is -3.52. The lowest BCUT2D eigenvalue weighted by atomic mass is 10.1. The fourth-order valence-electron chi connectivity index (χ4n) is 3.03. The number of nitrogens with one attached hydrogen (secondary N) is 1. The fourth-order valence-corrected chi connectivity index (χ4v) is 3.03. The summed E-state index contributed by atoms with van der Waals surface area (Å²) in [5, 5.41) is 2.66. The van der Waals surface area contributed by atoms with Gasteiger partial charge in [0.25, 0.3) is 11.8 Å². The van der Waals surface area contributed by atoms with Crippen LogP contribution < -0.4 is 5.32 Å². The van der Waals surface area contributed by atoms with E-state index in [1.807, 2.05) is 6.92 Å². The van der Waals surface area contributed by atoms with Crippen molar-refractivity contribution in [1.82, 2.24) is 4.90 Å². The highest BCUT2D eigenvalue weighted by molar-refractivity contribution is 6.23. The molecule has 0 radical (unpaired) electrons. The predicted molar refractivity (Wildman–Crippen MR) is 108 cm³/mol. The number of hydrogen-bond donors (Lipinski definition) is 1. The number of ether oxygens (including phenoxy) is 2. The van der Waals surface area contributed by atoms with Crippen LogP contribution in [0.25, 0.3) is 0 Å². The summed E-state index contributed by atoms with van der Waals surface area (Å²) in [6.45, 7) is 4.37. The van der Waals surface area contributed by atoms with Crippen LogP contribution in [0.4, 0.5) is 5.69 Å². The number of benzene rings is 2. The average molecular weight is 410 g/mol. The molecule has 0 aliphatic carbocycles. The predicted octanol–water partition coefficient (Wildman–Crippen LogP) is 2.50. The van der Waals surface area contributed by atoms with Gasteiger partial charge in [-0.25, -0.2) is 4.79 Å². The number of esters is 1. The molecule has 1 aliphatic heterocycles. The smallest absolute Gasteiger partial charge is 0.338 e. The molecule has 1 atom stereocenters. The van der Waals surface area contributed by atoms with Crippen LogP contribution in [0, 0.1) is 0 Å². The number of anilines is 1. The SMILES string of the molecule is CCOCCOC(=O)c1ccc(NC(=O)C(C)N2C(=O)c3ccccc3C2=O)cc1. The molecule has 8 nitrogen and oxygen atoms in total. The van der Waals surface area contributed by atoms with E-state index in [2.05, 4.69) is 5.32 Å². The minimum absolute atomic E-state index is 0.156. The Balaban J connectivity index is 1.60. The summed E-state index contributed by atoms with van der Waals surface area (Å²) in [7, 11) is 0. The standard InChI is InChI=1S/C22H22N2O6/c1-3-29-12-13-30-22(28)15-8-10-16(11-9-15)23-19(25)14(2)24-20(26)17-6-4-5-7-18(17)21(24)27/h4-11,14H,3,12-13H2,1-2H3,(H,23,25). The van der Waals surface area contributed by atoms with E-state index in [0.717, 1.165) is 4.90 Å². The molecule has 0 fully saturated rings. The summed E-state index contributed by atoms with van der Waals surface area (Å²) in [6.07, 6.45) is 0. The van der Waals surface area contributed by atoms with Gasteiger partial charge in [-0.2, -0.15) is 0 Å². The molecule has 2 aromatic carbocycles. The molecule has 0 saturated carbocycles. The topological polar surface area (TPSA) is 102 Å². The van der Waals surface area contributed by atoms with Crippen molar-refractivity contribution in [2.24, 2.45) is 0 Å². The summed E-state index contributed by atoms with van der Waals surface area (Å²) in [4.78, 5) is 50.5. The van der Waals surface area contributed by atoms with Crippen molar-refractivity contribution in [2.75, 3.05) is 25.1 Å². The molecule has 156 valence electrons. The molecule has 0 saturated heterocycles. The van der Waals surface area contributed by atoms with Crippen molar-refractivity contribution in [3.8, 4) is 0 Å². The van der Waals surface area contributed by atoms with Crippen LogP contribution >= 0.6 is 0 Å². The highest BCUT2D eigenvalue weighted by Crippen LogP contribution is 2.25. The molecule has 0 spiro atoms. The molecule has 0 aromatic heterocycles. The molecule has 1 aliphatic rings. The van der Waals surface area contributed by atoms with Crippen LogP contribution in [0.15, 0.2) is 48.5 Å². The number of rotatable bonds is 8. The highest BCUT2D eigenvalue weighted by Gasteiger charge is 2.40. The first-order valence-electron chi connectivity index (χ1n) is 9.56. The summed E-state index contributed by atoms with van der Waals surface area (Å²) in [6, 6.07) is 11.6. The minimum atomic E-state index is -0.999. The molecule has 3 rings (SSSR count). The van der Waals surface area contributed by atoms with Crippen molar-refractivity contribution < 1.29 is 28.7 Å². The summed E-state index contributed by atoms with van der Waals surface area (Å²) in [5.74, 6) is -2.00. The van der Waals surface area contributed by atoms with Gasteiger partial charge in [0.05, 0.1) is 23.3 Å². The van der Waals surface area contributed by atoms with Crippen molar-refractivity contribution in [3.05, 3.63) is 65.2 Å². The normalized spacial score (nSPS) is 13.7. The molecular formula is C22H22N2O6. The third kappa shape index (κ3) is 4.38. The largest absolute Gasteiger partial charge is 0.460 e. The Labute approximate surface area is 173 Å². The third-order valence-electron chi connectivity index (χ3n) is 4.65. The van der Waals surface area contributed by atoms with E-state index in [1.165, 1.54) is 19.1 Å². The van der Waals surface area contributed by atoms with Gasteiger partial charge in [-0.15, -0.1) is 0 Å². The first kappa shape index (κ1) is 21.2. The number of nitrogens with zero attached hydrogens (tertiary/aromatic N) is 1. The molecule has 2 aromatic rings. The van der Waals surface area contributed by atoms with E-state index in [9.17, 15) is 19.2 Å². The van der Waals surface area contributed by atoms with Crippen LogP contribution in [-0.4, -0.2) is 54.5 Å². The Morgan fingerprint density at radius 3 is 2.13 bits per heavy atom. The van der Waals surface area contributed by atoms with Gasteiger partial charge in [0.2, 0.25) is 5.91 Å². The number of fused-ring (bicyclic) bond motifs is 1. The van der Waals surface area contributed by atoms with Gasteiger partial charge in [0.1, 0.15) is 12.6 Å². The minimum Gasteiger partial charge on any atom is -0.460 e. The van der Waals surface area contributed by atoms with Crippen molar-refractivity contribution in [3.63, 3.8) is 0 Å². The first-order valence-corrected chi connectivity index (χ1v) is 9.56. The van der Waals surface area contributed by atoms with E-state index < -0.39 is 29.7 Å². The second-order valence-electron chi connectivity index (χ2n) is 6.60. The van der Waals surface area contributed by atoms with E-state index in [0.29, 0.717) is 24.5 Å². The third-order valence-corrected chi connectivity index (χ3v) is 4.65. The van der Waals surface area contributed by atoms with Gasteiger partial charge in [-0.1, -0.05) is 12.1 Å². The average Bonchev–Trinajstić information content (AvgIpc) is 3.01. The maximum Gasteiger partial charge on any atom is 0.338 e. The van der Waals surface area contributed by atoms with Crippen LogP contribution in [0.2, 0.25) is 0 Å². The second kappa shape index (κ2) is 9.32. The monoisotopic (exact) mass is 410 g/mol. The molecule has 8 heteroatoms. The van der Waals surface area contributed by atoms with Gasteiger partial charge < -0.3 is 14.8 Å². The number of hydrogen-bond acceptors (Lipinski definition) is 6. The van der Waals surface area contributed by atoms with E-state index in [-0.39, 0.29) is 17.7 Å². The van der Waals surface area contributed by atoms with Crippen LogP contribution in [-0.2, 0) is 14.3 Å². The van der Waals surface area contributed by atoms with Crippen LogP contribution in [0.5, 0.6) is 0 Å². The van der Waals surface area contributed by atoms with Crippen molar-refractivity contribution in [2.45, 2.75) is 19.9 Å². The molecule has 1 N–H and O–H groups in total. The fraction of sp³-hybridized carbons (Fsp3) is 0.273. The molecule has 30 heavy (non-hydrogen) atoms. The molecule has 1 unspecified atom stereocenters. The van der Waals surface area contributed by atoms with Gasteiger partial charge in [0.15, 0.2) is 0 Å². The summed E-state index contributed by atoms with van der Waals surface area (Å²) >= 11 is 0. The maximum absolute atomic E-state index is 12.6. The zero-order chi connectivity index (χ0) is 21.7. The van der Waals surface area contributed by atoms with Crippen molar-refractivity contribution in [1.29, 1.82) is 0 Å².